The van der Waals surface area contributed by atoms with Crippen molar-refractivity contribution in [3.63, 3.8) is 0 Å². The van der Waals surface area contributed by atoms with E-state index in [2.05, 4.69) is 35.3 Å². The fourth-order valence-electron chi connectivity index (χ4n) is 2.90. The number of H-pyrrole nitrogens is 1. The van der Waals surface area contributed by atoms with Gasteiger partial charge >= 0.3 is 0 Å². The SMILES string of the molecule is CNc1nc(C2CN(Cc3cc(C)on3)CCO2)nc2nc[nH]c12. The van der Waals surface area contributed by atoms with Gasteiger partial charge in [0.15, 0.2) is 17.3 Å². The van der Waals surface area contributed by atoms with Crippen LogP contribution in [0.3, 0.4) is 0 Å². The number of hydrogen-bond acceptors (Lipinski definition) is 8. The van der Waals surface area contributed by atoms with Crippen molar-refractivity contribution in [2.75, 3.05) is 32.1 Å². The highest BCUT2D eigenvalue weighted by molar-refractivity contribution is 5.82. The number of morpholine rings is 1. The van der Waals surface area contributed by atoms with Gasteiger partial charge in [0.1, 0.15) is 17.4 Å². The predicted molar refractivity (Wildman–Crippen MR) is 86.4 cm³/mol. The van der Waals surface area contributed by atoms with E-state index in [1.165, 1.54) is 0 Å². The molecular formula is C15H19N7O2. The molecule has 9 heteroatoms. The molecule has 0 amide bonds. The Labute approximate surface area is 138 Å². The van der Waals surface area contributed by atoms with Crippen LogP contribution in [0.5, 0.6) is 0 Å². The van der Waals surface area contributed by atoms with Crippen molar-refractivity contribution in [1.82, 2.24) is 30.0 Å². The van der Waals surface area contributed by atoms with Crippen LogP contribution in [0, 0.1) is 6.92 Å². The molecule has 2 N–H and O–H groups in total. The minimum Gasteiger partial charge on any atom is -0.371 e. The average molecular weight is 329 g/mol. The van der Waals surface area contributed by atoms with E-state index in [0.29, 0.717) is 24.6 Å². The molecule has 4 heterocycles. The molecule has 126 valence electrons. The third-order valence-corrected chi connectivity index (χ3v) is 4.04. The summed E-state index contributed by atoms with van der Waals surface area (Å²) in [5.74, 6) is 2.18. The Kier molecular flexibility index (Phi) is 3.87. The lowest BCUT2D eigenvalue weighted by atomic mass is 10.2. The van der Waals surface area contributed by atoms with Gasteiger partial charge < -0.3 is 19.6 Å². The first kappa shape index (κ1) is 15.0. The largest absolute Gasteiger partial charge is 0.371 e. The lowest BCUT2D eigenvalue weighted by Gasteiger charge is -2.31. The smallest absolute Gasteiger partial charge is 0.183 e. The van der Waals surface area contributed by atoms with E-state index in [1.54, 1.807) is 6.33 Å². The van der Waals surface area contributed by atoms with Gasteiger partial charge in [-0.2, -0.15) is 0 Å². The number of ether oxygens (including phenoxy) is 1. The quantitative estimate of drug-likeness (QED) is 0.737. The summed E-state index contributed by atoms with van der Waals surface area (Å²) in [6.07, 6.45) is 1.42. The lowest BCUT2D eigenvalue weighted by molar-refractivity contribution is -0.0375. The van der Waals surface area contributed by atoms with Crippen molar-refractivity contribution in [3.8, 4) is 0 Å². The van der Waals surface area contributed by atoms with E-state index in [0.717, 1.165) is 35.9 Å². The van der Waals surface area contributed by atoms with Gasteiger partial charge in [0.25, 0.3) is 0 Å². The molecule has 9 nitrogen and oxygen atoms in total. The van der Waals surface area contributed by atoms with Gasteiger partial charge in [-0.25, -0.2) is 15.0 Å². The molecule has 1 unspecified atom stereocenters. The summed E-state index contributed by atoms with van der Waals surface area (Å²) >= 11 is 0. The fraction of sp³-hybridized carbons (Fsp3) is 0.467. The van der Waals surface area contributed by atoms with E-state index in [-0.39, 0.29) is 6.10 Å². The summed E-state index contributed by atoms with van der Waals surface area (Å²) in [7, 11) is 1.83. The third kappa shape index (κ3) is 2.83. The Hall–Kier alpha value is -2.52. The number of fused-ring (bicyclic) bond motifs is 1. The Morgan fingerprint density at radius 2 is 2.33 bits per heavy atom. The van der Waals surface area contributed by atoms with Gasteiger partial charge in [-0.15, -0.1) is 0 Å². The molecule has 4 rings (SSSR count). The van der Waals surface area contributed by atoms with Crippen LogP contribution in [0.1, 0.15) is 23.4 Å². The Bertz CT molecular complexity index is 843. The number of nitrogens with one attached hydrogen (secondary N) is 2. The lowest BCUT2D eigenvalue weighted by Crippen LogP contribution is -2.38. The Balaban J connectivity index is 1.55. The monoisotopic (exact) mass is 329 g/mol. The molecule has 24 heavy (non-hydrogen) atoms. The minimum atomic E-state index is -0.194. The zero-order valence-electron chi connectivity index (χ0n) is 13.6. The summed E-state index contributed by atoms with van der Waals surface area (Å²) in [6, 6.07) is 1.95. The molecule has 3 aromatic rings. The number of hydrogen-bond donors (Lipinski definition) is 2. The molecule has 1 saturated heterocycles. The number of aryl methyl sites for hydroxylation is 1. The van der Waals surface area contributed by atoms with Crippen LogP contribution in [-0.2, 0) is 11.3 Å². The van der Waals surface area contributed by atoms with E-state index in [4.69, 9.17) is 9.26 Å². The summed E-state index contributed by atoms with van der Waals surface area (Å²) in [6.45, 7) is 4.78. The van der Waals surface area contributed by atoms with Crippen LogP contribution < -0.4 is 5.32 Å². The molecule has 0 aliphatic carbocycles. The average Bonchev–Trinajstić information content (AvgIpc) is 3.23. The Morgan fingerprint density at radius 1 is 1.42 bits per heavy atom. The normalized spacial score (nSPS) is 19.0. The minimum absolute atomic E-state index is 0.194. The molecule has 0 spiro atoms. The summed E-state index contributed by atoms with van der Waals surface area (Å²) in [5, 5.41) is 7.13. The highest BCUT2D eigenvalue weighted by Gasteiger charge is 2.26. The maximum Gasteiger partial charge on any atom is 0.183 e. The number of imidazole rings is 1. The molecule has 1 fully saturated rings. The molecule has 1 aliphatic heterocycles. The van der Waals surface area contributed by atoms with Crippen LogP contribution in [0.15, 0.2) is 16.9 Å². The highest BCUT2D eigenvalue weighted by atomic mass is 16.5. The number of anilines is 1. The van der Waals surface area contributed by atoms with Crippen LogP contribution in [0.2, 0.25) is 0 Å². The molecule has 0 bridgehead atoms. The highest BCUT2D eigenvalue weighted by Crippen LogP contribution is 2.24. The molecule has 0 aromatic carbocycles. The van der Waals surface area contributed by atoms with Crippen LogP contribution >= 0.6 is 0 Å². The van der Waals surface area contributed by atoms with Crippen molar-refractivity contribution in [2.24, 2.45) is 0 Å². The van der Waals surface area contributed by atoms with Crippen molar-refractivity contribution in [2.45, 2.75) is 19.6 Å². The number of rotatable bonds is 4. The second-order valence-electron chi connectivity index (χ2n) is 5.81. The van der Waals surface area contributed by atoms with Gasteiger partial charge in [-0.05, 0) is 6.92 Å². The van der Waals surface area contributed by atoms with Gasteiger partial charge in [-0.1, -0.05) is 5.16 Å². The molecule has 0 saturated carbocycles. The number of nitrogens with zero attached hydrogens (tertiary/aromatic N) is 5. The zero-order chi connectivity index (χ0) is 16.5. The van der Waals surface area contributed by atoms with Gasteiger partial charge in [-0.3, -0.25) is 4.90 Å². The van der Waals surface area contributed by atoms with Crippen molar-refractivity contribution in [1.29, 1.82) is 0 Å². The first-order valence-corrected chi connectivity index (χ1v) is 7.88. The van der Waals surface area contributed by atoms with Gasteiger partial charge in [0.2, 0.25) is 0 Å². The molecule has 0 radical (unpaired) electrons. The van der Waals surface area contributed by atoms with Gasteiger partial charge in [0, 0.05) is 32.7 Å². The molecule has 3 aromatic heterocycles. The maximum atomic E-state index is 5.89. The summed E-state index contributed by atoms with van der Waals surface area (Å²) < 4.78 is 11.0. The number of aromatic amines is 1. The van der Waals surface area contributed by atoms with Crippen molar-refractivity contribution >= 4 is 17.0 Å². The second kappa shape index (κ2) is 6.17. The maximum absolute atomic E-state index is 5.89. The second-order valence-corrected chi connectivity index (χ2v) is 5.81. The first-order valence-electron chi connectivity index (χ1n) is 7.88. The zero-order valence-corrected chi connectivity index (χ0v) is 13.6. The topological polar surface area (TPSA) is 105 Å². The Morgan fingerprint density at radius 3 is 3.12 bits per heavy atom. The summed E-state index contributed by atoms with van der Waals surface area (Å²) in [5.41, 5.74) is 2.36. The van der Waals surface area contributed by atoms with Crippen LogP contribution in [0.4, 0.5) is 5.82 Å². The fourth-order valence-corrected chi connectivity index (χ4v) is 2.90. The molecule has 1 aliphatic rings. The van der Waals surface area contributed by atoms with E-state index < -0.39 is 0 Å². The van der Waals surface area contributed by atoms with E-state index in [9.17, 15) is 0 Å². The van der Waals surface area contributed by atoms with E-state index >= 15 is 0 Å². The van der Waals surface area contributed by atoms with E-state index in [1.807, 2.05) is 20.0 Å². The van der Waals surface area contributed by atoms with Gasteiger partial charge in [0.05, 0.1) is 18.6 Å². The molecule has 1 atom stereocenters. The van der Waals surface area contributed by atoms with Crippen molar-refractivity contribution < 1.29 is 9.26 Å². The standard InChI is InChI=1S/C15H19N7O2/c1-9-5-10(21-24-9)6-22-3-4-23-11(7-22)13-19-14(16-2)12-15(20-13)18-8-17-12/h5,8,11H,3-4,6-7H2,1-2H3,(H2,16,17,18,19,20). The molecular weight excluding hydrogens is 310 g/mol. The van der Waals surface area contributed by atoms with Crippen LogP contribution in [-0.4, -0.2) is 56.7 Å². The third-order valence-electron chi connectivity index (χ3n) is 4.04. The van der Waals surface area contributed by atoms with Crippen LogP contribution in [0.25, 0.3) is 11.2 Å². The van der Waals surface area contributed by atoms with Crippen molar-refractivity contribution in [3.05, 3.63) is 29.7 Å². The predicted octanol–water partition coefficient (Wildman–Crippen LogP) is 1.26. The first-order chi connectivity index (χ1) is 11.7. The summed E-state index contributed by atoms with van der Waals surface area (Å²) in [4.78, 5) is 18.7. The number of aromatic nitrogens is 5.